The number of nitro groups is 1. The second kappa shape index (κ2) is 6.06. The Labute approximate surface area is 124 Å². The quantitative estimate of drug-likeness (QED) is 0.693. The fraction of sp³-hybridized carbons (Fsp3) is 0.294. The van der Waals surface area contributed by atoms with Crippen molar-refractivity contribution in [3.05, 3.63) is 75.3 Å². The van der Waals surface area contributed by atoms with Gasteiger partial charge in [0, 0.05) is 18.1 Å². The Kier molecular flexibility index (Phi) is 3.97. The van der Waals surface area contributed by atoms with E-state index in [4.69, 9.17) is 0 Å². The smallest absolute Gasteiger partial charge is 0.278 e. The molecule has 0 aliphatic heterocycles. The lowest BCUT2D eigenvalue weighted by molar-refractivity contribution is -0.712. The van der Waals surface area contributed by atoms with Gasteiger partial charge >= 0.3 is 0 Å². The summed E-state index contributed by atoms with van der Waals surface area (Å²) in [7, 11) is 0. The molecule has 0 unspecified atom stereocenters. The van der Waals surface area contributed by atoms with Crippen LogP contribution in [0.3, 0.4) is 0 Å². The average Bonchev–Trinajstić information content (AvgIpc) is 2.53. The van der Waals surface area contributed by atoms with Crippen molar-refractivity contribution in [3.8, 4) is 0 Å². The first-order valence-electron chi connectivity index (χ1n) is 7.39. The highest BCUT2D eigenvalue weighted by Crippen LogP contribution is 2.27. The summed E-state index contributed by atoms with van der Waals surface area (Å²) in [6.07, 6.45) is 3.47. The number of nitrogens with zero attached hydrogens (tertiary/aromatic N) is 1. The van der Waals surface area contributed by atoms with Gasteiger partial charge in [0.25, 0.3) is 5.69 Å². The molecular formula is C17H19N2O2+. The number of para-hydroxylation sites is 1. The third-order valence-electron chi connectivity index (χ3n) is 4.23. The van der Waals surface area contributed by atoms with E-state index in [1.165, 1.54) is 17.5 Å². The normalized spacial score (nSPS) is 17.2. The van der Waals surface area contributed by atoms with E-state index in [-0.39, 0.29) is 10.6 Å². The standard InChI is InChI=1S/C17H18N2O2/c20-19(21)17-11-4-2-7-14(17)12-18-16-10-5-8-13-6-1-3-9-15(13)16/h1-4,6-7,9,11,16,18H,5,8,10,12H2/p+1/t16-/m0/s1. The molecule has 3 rings (SSSR count). The minimum absolute atomic E-state index is 0.220. The zero-order chi connectivity index (χ0) is 14.7. The molecule has 4 heteroatoms. The van der Waals surface area contributed by atoms with Crippen molar-refractivity contribution in [3.63, 3.8) is 0 Å². The first-order chi connectivity index (χ1) is 10.3. The van der Waals surface area contributed by atoms with Gasteiger partial charge in [-0.05, 0) is 24.5 Å². The topological polar surface area (TPSA) is 59.8 Å². The monoisotopic (exact) mass is 283 g/mol. The molecule has 0 radical (unpaired) electrons. The molecule has 1 atom stereocenters. The maximum atomic E-state index is 11.1. The minimum atomic E-state index is -0.294. The summed E-state index contributed by atoms with van der Waals surface area (Å²) in [6, 6.07) is 16.0. The van der Waals surface area contributed by atoms with Gasteiger partial charge in [0.15, 0.2) is 0 Å². The van der Waals surface area contributed by atoms with Gasteiger partial charge in [0.2, 0.25) is 0 Å². The van der Waals surface area contributed by atoms with Crippen LogP contribution in [0.25, 0.3) is 0 Å². The molecule has 1 aliphatic carbocycles. The van der Waals surface area contributed by atoms with Crippen molar-refractivity contribution in [2.75, 3.05) is 0 Å². The molecule has 108 valence electrons. The molecule has 0 heterocycles. The van der Waals surface area contributed by atoms with Crippen LogP contribution < -0.4 is 5.32 Å². The first kappa shape index (κ1) is 13.8. The molecule has 0 spiro atoms. The SMILES string of the molecule is O=[N+]([O-])c1ccccc1C[NH2+][C@H]1CCCc2ccccc21. The Balaban J connectivity index is 1.76. The summed E-state index contributed by atoms with van der Waals surface area (Å²) in [5.41, 5.74) is 3.83. The van der Waals surface area contributed by atoms with Crippen molar-refractivity contribution in [1.29, 1.82) is 0 Å². The summed E-state index contributed by atoms with van der Waals surface area (Å²) < 4.78 is 0. The Morgan fingerprint density at radius 3 is 2.76 bits per heavy atom. The third-order valence-corrected chi connectivity index (χ3v) is 4.23. The van der Waals surface area contributed by atoms with E-state index in [1.54, 1.807) is 12.1 Å². The highest BCUT2D eigenvalue weighted by Gasteiger charge is 2.23. The molecule has 0 aromatic heterocycles. The van der Waals surface area contributed by atoms with Gasteiger partial charge in [-0.2, -0.15) is 0 Å². The van der Waals surface area contributed by atoms with Crippen molar-refractivity contribution in [2.45, 2.75) is 31.8 Å². The Hall–Kier alpha value is -2.20. The van der Waals surface area contributed by atoms with Gasteiger partial charge in [-0.3, -0.25) is 10.1 Å². The number of fused-ring (bicyclic) bond motifs is 1. The van der Waals surface area contributed by atoms with E-state index >= 15 is 0 Å². The predicted octanol–water partition coefficient (Wildman–Crippen LogP) is 2.74. The largest absolute Gasteiger partial charge is 0.336 e. The molecule has 21 heavy (non-hydrogen) atoms. The van der Waals surface area contributed by atoms with Crippen LogP contribution in [-0.2, 0) is 13.0 Å². The Morgan fingerprint density at radius 2 is 1.90 bits per heavy atom. The summed E-state index contributed by atoms with van der Waals surface area (Å²) >= 11 is 0. The van der Waals surface area contributed by atoms with Crippen LogP contribution in [0, 0.1) is 10.1 Å². The maximum absolute atomic E-state index is 11.1. The van der Waals surface area contributed by atoms with Gasteiger partial charge in [-0.1, -0.05) is 36.4 Å². The molecule has 0 saturated carbocycles. The third kappa shape index (κ3) is 2.95. The van der Waals surface area contributed by atoms with Crippen LogP contribution in [-0.4, -0.2) is 4.92 Å². The predicted molar refractivity (Wildman–Crippen MR) is 80.8 cm³/mol. The molecular weight excluding hydrogens is 264 g/mol. The molecule has 1 aliphatic rings. The Bertz CT molecular complexity index is 655. The molecule has 0 amide bonds. The second-order valence-electron chi connectivity index (χ2n) is 5.52. The van der Waals surface area contributed by atoms with E-state index < -0.39 is 0 Å². The molecule has 0 bridgehead atoms. The summed E-state index contributed by atoms with van der Waals surface area (Å²) in [6.45, 7) is 0.649. The zero-order valence-corrected chi connectivity index (χ0v) is 11.9. The van der Waals surface area contributed by atoms with Gasteiger partial charge < -0.3 is 5.32 Å². The fourth-order valence-electron chi connectivity index (χ4n) is 3.17. The van der Waals surface area contributed by atoms with Gasteiger partial charge in [-0.25, -0.2) is 0 Å². The van der Waals surface area contributed by atoms with E-state index in [2.05, 4.69) is 29.6 Å². The van der Waals surface area contributed by atoms with Crippen LogP contribution >= 0.6 is 0 Å². The van der Waals surface area contributed by atoms with Crippen molar-refractivity contribution >= 4 is 5.69 Å². The lowest BCUT2D eigenvalue weighted by Crippen LogP contribution is -2.84. The van der Waals surface area contributed by atoms with Crippen molar-refractivity contribution < 1.29 is 10.2 Å². The van der Waals surface area contributed by atoms with Gasteiger partial charge in [0.1, 0.15) is 12.6 Å². The van der Waals surface area contributed by atoms with Gasteiger partial charge in [-0.15, -0.1) is 0 Å². The van der Waals surface area contributed by atoms with Crippen LogP contribution in [0.4, 0.5) is 5.69 Å². The number of hydrogen-bond donors (Lipinski definition) is 1. The van der Waals surface area contributed by atoms with Crippen LogP contribution in [0.2, 0.25) is 0 Å². The lowest BCUT2D eigenvalue weighted by Gasteiger charge is -2.23. The van der Waals surface area contributed by atoms with Crippen molar-refractivity contribution in [1.82, 2.24) is 0 Å². The zero-order valence-electron chi connectivity index (χ0n) is 11.9. The highest BCUT2D eigenvalue weighted by atomic mass is 16.6. The number of hydrogen-bond acceptors (Lipinski definition) is 2. The van der Waals surface area contributed by atoms with Crippen LogP contribution in [0.1, 0.15) is 35.6 Å². The second-order valence-corrected chi connectivity index (χ2v) is 5.52. The first-order valence-corrected chi connectivity index (χ1v) is 7.39. The minimum Gasteiger partial charge on any atom is -0.336 e. The van der Waals surface area contributed by atoms with E-state index in [1.807, 2.05) is 12.1 Å². The van der Waals surface area contributed by atoms with E-state index in [0.29, 0.717) is 12.6 Å². The molecule has 4 nitrogen and oxygen atoms in total. The molecule has 0 saturated heterocycles. The molecule has 2 aromatic rings. The van der Waals surface area contributed by atoms with E-state index in [0.717, 1.165) is 18.4 Å². The van der Waals surface area contributed by atoms with Crippen LogP contribution in [0.15, 0.2) is 48.5 Å². The molecule has 0 fully saturated rings. The molecule has 2 aromatic carbocycles. The number of nitrogens with two attached hydrogens (primary N) is 1. The van der Waals surface area contributed by atoms with Gasteiger partial charge in [0.05, 0.1) is 10.5 Å². The Morgan fingerprint density at radius 1 is 1.14 bits per heavy atom. The number of quaternary nitrogens is 1. The molecule has 2 N–H and O–H groups in total. The number of rotatable bonds is 4. The van der Waals surface area contributed by atoms with Crippen LogP contribution in [0.5, 0.6) is 0 Å². The summed E-state index contributed by atoms with van der Waals surface area (Å²) in [5.74, 6) is 0. The maximum Gasteiger partial charge on any atom is 0.278 e. The number of nitro benzene ring substituents is 1. The average molecular weight is 283 g/mol. The lowest BCUT2D eigenvalue weighted by atomic mass is 9.87. The summed E-state index contributed by atoms with van der Waals surface area (Å²) in [4.78, 5) is 10.8. The van der Waals surface area contributed by atoms with E-state index in [9.17, 15) is 10.1 Å². The summed E-state index contributed by atoms with van der Waals surface area (Å²) in [5, 5.41) is 13.3. The van der Waals surface area contributed by atoms with Crippen molar-refractivity contribution in [2.24, 2.45) is 0 Å². The highest BCUT2D eigenvalue weighted by molar-refractivity contribution is 5.39. The number of aryl methyl sites for hydroxylation is 1. The number of benzene rings is 2. The fourth-order valence-corrected chi connectivity index (χ4v) is 3.17.